The van der Waals surface area contributed by atoms with E-state index in [1.165, 1.54) is 28.8 Å². The first-order valence-corrected chi connectivity index (χ1v) is 11.5. The molecule has 0 aliphatic carbocycles. The number of aliphatic carboxylic acids is 1. The van der Waals surface area contributed by atoms with Gasteiger partial charge in [-0.2, -0.15) is 0 Å². The van der Waals surface area contributed by atoms with Crippen LogP contribution in [-0.2, 0) is 9.59 Å². The Kier molecular flexibility index (Phi) is 7.34. The summed E-state index contributed by atoms with van der Waals surface area (Å²) in [6.07, 6.45) is 0. The van der Waals surface area contributed by atoms with Crippen LogP contribution in [0.25, 0.3) is 0 Å². The van der Waals surface area contributed by atoms with E-state index in [2.05, 4.69) is 0 Å². The molecule has 0 spiro atoms. The van der Waals surface area contributed by atoms with Gasteiger partial charge in [0.2, 0.25) is 11.0 Å². The van der Waals surface area contributed by atoms with Crippen molar-refractivity contribution in [3.05, 3.63) is 75.8 Å². The fourth-order valence-electron chi connectivity index (χ4n) is 3.25. The molecule has 2 aromatic rings. The number of nitro benzene ring substituents is 1. The number of carboxylic acids is 1. The van der Waals surface area contributed by atoms with Crippen LogP contribution < -0.4 is 0 Å². The van der Waals surface area contributed by atoms with Crippen molar-refractivity contribution >= 4 is 46.2 Å². The van der Waals surface area contributed by atoms with Crippen LogP contribution in [0.15, 0.2) is 54.6 Å². The topological polar surface area (TPSA) is 118 Å². The Balaban J connectivity index is 1.80. The molecule has 1 saturated heterocycles. The van der Waals surface area contributed by atoms with E-state index in [1.54, 1.807) is 49.4 Å². The van der Waals surface area contributed by atoms with Crippen molar-refractivity contribution in [3.63, 3.8) is 0 Å². The minimum absolute atomic E-state index is 0.126. The van der Waals surface area contributed by atoms with Crippen LogP contribution in [0.2, 0.25) is 0 Å². The predicted octanol–water partition coefficient (Wildman–Crippen LogP) is 3.83. The third-order valence-electron chi connectivity index (χ3n) is 4.83. The number of carbonyl (C=O) groups excluding carboxylic acids is 2. The number of para-hydroxylation sites is 1. The summed E-state index contributed by atoms with van der Waals surface area (Å²) in [5, 5.41) is 20.1. The van der Waals surface area contributed by atoms with Gasteiger partial charge in [-0.05, 0) is 6.07 Å². The lowest BCUT2D eigenvalue weighted by molar-refractivity contribution is -0.385. The van der Waals surface area contributed by atoms with Crippen molar-refractivity contribution < 1.29 is 24.4 Å². The molecule has 0 aromatic heterocycles. The molecular weight excluding hydrogens is 440 g/mol. The third-order valence-corrected chi connectivity index (χ3v) is 7.30. The first-order chi connectivity index (χ1) is 14.8. The number of benzene rings is 2. The highest BCUT2D eigenvalue weighted by Crippen LogP contribution is 2.45. The van der Waals surface area contributed by atoms with Crippen molar-refractivity contribution in [2.24, 2.45) is 5.92 Å². The summed E-state index contributed by atoms with van der Waals surface area (Å²) in [7, 11) is 0. The van der Waals surface area contributed by atoms with Crippen LogP contribution in [-0.4, -0.2) is 49.5 Å². The zero-order valence-electron chi connectivity index (χ0n) is 16.5. The Morgan fingerprint density at radius 2 is 1.84 bits per heavy atom. The van der Waals surface area contributed by atoms with Crippen molar-refractivity contribution in [3.8, 4) is 0 Å². The first kappa shape index (κ1) is 22.8. The van der Waals surface area contributed by atoms with Crippen molar-refractivity contribution in [1.82, 2.24) is 4.90 Å². The lowest BCUT2D eigenvalue weighted by atomic mass is 10.1. The second kappa shape index (κ2) is 9.97. The maximum Gasteiger partial charge on any atom is 0.327 e. The highest BCUT2D eigenvalue weighted by atomic mass is 32.2. The van der Waals surface area contributed by atoms with Crippen LogP contribution in [0.3, 0.4) is 0 Å². The molecule has 1 heterocycles. The van der Waals surface area contributed by atoms with Gasteiger partial charge in [-0.15, -0.1) is 11.8 Å². The monoisotopic (exact) mass is 460 g/mol. The molecule has 1 amide bonds. The molecule has 31 heavy (non-hydrogen) atoms. The smallest absolute Gasteiger partial charge is 0.327 e. The summed E-state index contributed by atoms with van der Waals surface area (Å²) in [6.45, 7) is 1.63. The Bertz CT molecular complexity index is 1000. The van der Waals surface area contributed by atoms with Crippen molar-refractivity contribution in [2.45, 2.75) is 18.3 Å². The van der Waals surface area contributed by atoms with E-state index < -0.39 is 34.1 Å². The number of hydrogen-bond donors (Lipinski definition) is 1. The fourth-order valence-corrected chi connectivity index (χ4v) is 5.56. The quantitative estimate of drug-likeness (QED) is 0.489. The van der Waals surface area contributed by atoms with E-state index in [0.29, 0.717) is 5.56 Å². The maximum absolute atomic E-state index is 13.2. The fraction of sp³-hybridized carbons (Fsp3) is 0.286. The summed E-state index contributed by atoms with van der Waals surface area (Å²) in [4.78, 5) is 49.5. The number of hydrogen-bond acceptors (Lipinski definition) is 7. The molecule has 8 nitrogen and oxygen atoms in total. The van der Waals surface area contributed by atoms with Crippen LogP contribution >= 0.6 is 23.5 Å². The Labute approximate surface area is 187 Å². The molecule has 0 bridgehead atoms. The van der Waals surface area contributed by atoms with E-state index in [0.717, 1.165) is 11.8 Å². The lowest BCUT2D eigenvalue weighted by Crippen LogP contribution is -2.45. The molecule has 3 atom stereocenters. The van der Waals surface area contributed by atoms with Gasteiger partial charge in [0.1, 0.15) is 11.4 Å². The average Bonchev–Trinajstić information content (AvgIpc) is 3.22. The standard InChI is InChI=1S/C21H20N2O6S2/c1-13(11-31-21(27)14-7-3-2-4-8-14)18(24)22-17(20(25)26)12-30-19(22)15-9-5-6-10-16(15)23(28)29/h2-10,13,17,19H,11-12H2,1H3,(H,25,26)/t13-,17+,19?/m1/s1. The zero-order chi connectivity index (χ0) is 22.5. The van der Waals surface area contributed by atoms with Gasteiger partial charge in [-0.1, -0.05) is 61.2 Å². The molecule has 2 aromatic carbocycles. The van der Waals surface area contributed by atoms with Crippen LogP contribution in [0.4, 0.5) is 5.69 Å². The summed E-state index contributed by atoms with van der Waals surface area (Å²) in [5.41, 5.74) is 0.644. The minimum Gasteiger partial charge on any atom is -0.480 e. The molecule has 1 unspecified atom stereocenters. The minimum atomic E-state index is -1.16. The molecule has 162 valence electrons. The van der Waals surface area contributed by atoms with E-state index in [4.69, 9.17) is 0 Å². The highest BCUT2D eigenvalue weighted by molar-refractivity contribution is 8.14. The van der Waals surface area contributed by atoms with Gasteiger partial charge in [0.25, 0.3) is 5.69 Å². The van der Waals surface area contributed by atoms with Gasteiger partial charge >= 0.3 is 5.97 Å². The zero-order valence-corrected chi connectivity index (χ0v) is 18.2. The van der Waals surface area contributed by atoms with E-state index in [9.17, 15) is 29.6 Å². The number of carboxylic acid groups (broad SMARTS) is 1. The number of carbonyl (C=O) groups is 3. The molecule has 10 heteroatoms. The van der Waals surface area contributed by atoms with Gasteiger partial charge in [0, 0.05) is 29.1 Å². The molecule has 0 saturated carbocycles. The molecule has 1 aliphatic heterocycles. The Hall–Kier alpha value is -2.85. The first-order valence-electron chi connectivity index (χ1n) is 9.43. The van der Waals surface area contributed by atoms with Gasteiger partial charge in [-0.25, -0.2) is 4.79 Å². The lowest BCUT2D eigenvalue weighted by Gasteiger charge is -2.29. The van der Waals surface area contributed by atoms with Crippen LogP contribution in [0.1, 0.15) is 28.2 Å². The van der Waals surface area contributed by atoms with E-state index in [-0.39, 0.29) is 27.9 Å². The molecule has 1 fully saturated rings. The van der Waals surface area contributed by atoms with Gasteiger partial charge in [0.15, 0.2) is 0 Å². The number of rotatable bonds is 7. The molecule has 0 radical (unpaired) electrons. The second-order valence-corrected chi connectivity index (χ2v) is 9.07. The van der Waals surface area contributed by atoms with Gasteiger partial charge in [0.05, 0.1) is 10.5 Å². The molecule has 1 aliphatic rings. The predicted molar refractivity (Wildman–Crippen MR) is 119 cm³/mol. The number of thioether (sulfide) groups is 2. The number of amides is 1. The molecule has 3 rings (SSSR count). The van der Waals surface area contributed by atoms with Gasteiger partial charge < -0.3 is 10.0 Å². The second-order valence-electron chi connectivity index (χ2n) is 6.97. The molecular formula is C21H20N2O6S2. The normalized spacial score (nSPS) is 19.1. The van der Waals surface area contributed by atoms with E-state index >= 15 is 0 Å². The Morgan fingerprint density at radius 1 is 1.19 bits per heavy atom. The van der Waals surface area contributed by atoms with Crippen molar-refractivity contribution in [2.75, 3.05) is 11.5 Å². The van der Waals surface area contributed by atoms with Gasteiger partial charge in [-0.3, -0.25) is 19.7 Å². The highest BCUT2D eigenvalue weighted by Gasteiger charge is 2.45. The number of nitro groups is 1. The van der Waals surface area contributed by atoms with Crippen LogP contribution in [0.5, 0.6) is 0 Å². The van der Waals surface area contributed by atoms with Crippen molar-refractivity contribution in [1.29, 1.82) is 0 Å². The summed E-state index contributed by atoms with van der Waals surface area (Å²) in [6, 6.07) is 13.6. The number of nitrogens with zero attached hydrogens (tertiary/aromatic N) is 2. The average molecular weight is 461 g/mol. The van der Waals surface area contributed by atoms with Crippen LogP contribution in [0, 0.1) is 16.0 Å². The maximum atomic E-state index is 13.2. The van der Waals surface area contributed by atoms with E-state index in [1.807, 2.05) is 0 Å². The summed E-state index contributed by atoms with van der Waals surface area (Å²) in [5.74, 6) is -1.97. The molecule has 1 N–H and O–H groups in total. The third kappa shape index (κ3) is 5.08. The largest absolute Gasteiger partial charge is 0.480 e. The summed E-state index contributed by atoms with van der Waals surface area (Å²) >= 11 is 2.18. The summed E-state index contributed by atoms with van der Waals surface area (Å²) < 4.78 is 0. The SMILES string of the molecule is C[C@H](CSC(=O)c1ccccc1)C(=O)N1C(c2ccccc2[N+](=O)[O-])SC[C@H]1C(=O)O. The Morgan fingerprint density at radius 3 is 2.48 bits per heavy atom.